The van der Waals surface area contributed by atoms with Crippen molar-refractivity contribution in [3.8, 4) is 18.1 Å². The number of nitrogens with two attached hydrogens (primary N) is 1. The van der Waals surface area contributed by atoms with Gasteiger partial charge in [-0.2, -0.15) is 0 Å². The highest BCUT2D eigenvalue weighted by atomic mass is 16.6. The van der Waals surface area contributed by atoms with Crippen molar-refractivity contribution in [2.45, 2.75) is 6.10 Å². The molecule has 0 spiro atoms. The second-order valence-corrected chi connectivity index (χ2v) is 2.42. The largest absolute Gasteiger partial charge is 0.496 e. The van der Waals surface area contributed by atoms with Crippen molar-refractivity contribution in [2.75, 3.05) is 7.11 Å². The van der Waals surface area contributed by atoms with E-state index in [1.54, 1.807) is 13.2 Å². The van der Waals surface area contributed by atoms with E-state index < -0.39 is 6.10 Å². The van der Waals surface area contributed by atoms with Crippen LogP contribution in [0.15, 0.2) is 24.3 Å². The zero-order valence-electron chi connectivity index (χ0n) is 7.36. The van der Waals surface area contributed by atoms with E-state index in [1.807, 2.05) is 18.2 Å². The Labute approximate surface area is 77.4 Å². The summed E-state index contributed by atoms with van der Waals surface area (Å²) >= 11 is 0. The Hall–Kier alpha value is -1.50. The fourth-order valence-corrected chi connectivity index (χ4v) is 1.09. The number of terminal acetylenes is 1. The van der Waals surface area contributed by atoms with Gasteiger partial charge in [0.2, 0.25) is 0 Å². The average Bonchev–Trinajstić information content (AvgIpc) is 2.20. The smallest absolute Gasteiger partial charge is 0.167 e. The van der Waals surface area contributed by atoms with Gasteiger partial charge < -0.3 is 4.74 Å². The van der Waals surface area contributed by atoms with Crippen molar-refractivity contribution in [1.82, 2.24) is 0 Å². The first-order valence-electron chi connectivity index (χ1n) is 3.78. The van der Waals surface area contributed by atoms with E-state index in [1.165, 1.54) is 0 Å². The van der Waals surface area contributed by atoms with Crippen molar-refractivity contribution >= 4 is 0 Å². The number of rotatable bonds is 3. The fraction of sp³-hybridized carbons (Fsp3) is 0.200. The van der Waals surface area contributed by atoms with Crippen LogP contribution in [0.4, 0.5) is 0 Å². The fourth-order valence-electron chi connectivity index (χ4n) is 1.09. The quantitative estimate of drug-likeness (QED) is 0.558. The van der Waals surface area contributed by atoms with Gasteiger partial charge in [0.1, 0.15) is 5.75 Å². The molecule has 0 saturated carbocycles. The van der Waals surface area contributed by atoms with Crippen LogP contribution in [0.3, 0.4) is 0 Å². The third-order valence-corrected chi connectivity index (χ3v) is 1.71. The van der Waals surface area contributed by atoms with Crippen molar-refractivity contribution < 1.29 is 9.57 Å². The Kier molecular flexibility index (Phi) is 3.32. The van der Waals surface area contributed by atoms with Gasteiger partial charge in [-0.05, 0) is 6.07 Å². The summed E-state index contributed by atoms with van der Waals surface area (Å²) in [5.74, 6) is 8.13. The summed E-state index contributed by atoms with van der Waals surface area (Å²) in [6.45, 7) is 0. The molecular formula is C10H11NO2. The van der Waals surface area contributed by atoms with E-state index in [2.05, 4.69) is 10.8 Å². The summed E-state index contributed by atoms with van der Waals surface area (Å²) in [5, 5.41) is 0. The maximum absolute atomic E-state index is 5.23. The summed E-state index contributed by atoms with van der Waals surface area (Å²) in [6, 6.07) is 7.32. The van der Waals surface area contributed by atoms with Gasteiger partial charge in [0.15, 0.2) is 6.10 Å². The normalized spacial score (nSPS) is 11.8. The molecule has 1 atom stereocenters. The minimum absolute atomic E-state index is 0.559. The second kappa shape index (κ2) is 4.51. The summed E-state index contributed by atoms with van der Waals surface area (Å²) in [6.07, 6.45) is 4.67. The van der Waals surface area contributed by atoms with E-state index in [9.17, 15) is 0 Å². The SMILES string of the molecule is C#CC(ON)c1ccccc1OC. The number of para-hydroxylation sites is 1. The zero-order valence-corrected chi connectivity index (χ0v) is 7.36. The lowest BCUT2D eigenvalue weighted by Gasteiger charge is -2.11. The molecule has 0 heterocycles. The number of hydrogen-bond donors (Lipinski definition) is 1. The van der Waals surface area contributed by atoms with Gasteiger partial charge in [0.25, 0.3) is 0 Å². The minimum atomic E-state index is -0.559. The minimum Gasteiger partial charge on any atom is -0.496 e. The maximum Gasteiger partial charge on any atom is 0.167 e. The van der Waals surface area contributed by atoms with Crippen LogP contribution in [0.1, 0.15) is 11.7 Å². The molecule has 1 aromatic carbocycles. The molecule has 2 N–H and O–H groups in total. The van der Waals surface area contributed by atoms with Gasteiger partial charge in [0.05, 0.1) is 7.11 Å². The molecule has 0 fully saturated rings. The van der Waals surface area contributed by atoms with Crippen LogP contribution in [0, 0.1) is 12.3 Å². The Bertz CT molecular complexity index is 317. The van der Waals surface area contributed by atoms with Gasteiger partial charge in [-0.1, -0.05) is 24.1 Å². The predicted molar refractivity (Wildman–Crippen MR) is 49.8 cm³/mol. The molecule has 0 saturated heterocycles. The summed E-state index contributed by atoms with van der Waals surface area (Å²) in [5.41, 5.74) is 0.759. The molecule has 0 aromatic heterocycles. The number of ether oxygens (including phenoxy) is 1. The Balaban J connectivity index is 3.05. The Morgan fingerprint density at radius 2 is 2.15 bits per heavy atom. The second-order valence-electron chi connectivity index (χ2n) is 2.42. The van der Waals surface area contributed by atoms with Crippen molar-refractivity contribution in [1.29, 1.82) is 0 Å². The maximum atomic E-state index is 5.23. The standard InChI is InChI=1S/C10H11NO2/c1-3-9(13-11)8-6-4-5-7-10(8)12-2/h1,4-7,9H,11H2,2H3. The lowest BCUT2D eigenvalue weighted by molar-refractivity contribution is 0.0916. The van der Waals surface area contributed by atoms with E-state index in [0.717, 1.165) is 5.56 Å². The predicted octanol–water partition coefficient (Wildman–Crippen LogP) is 1.26. The van der Waals surface area contributed by atoms with Gasteiger partial charge in [-0.25, -0.2) is 5.90 Å². The average molecular weight is 177 g/mol. The van der Waals surface area contributed by atoms with Crippen molar-refractivity contribution in [3.05, 3.63) is 29.8 Å². The van der Waals surface area contributed by atoms with Gasteiger partial charge in [-0.3, -0.25) is 4.84 Å². The highest BCUT2D eigenvalue weighted by Gasteiger charge is 2.11. The van der Waals surface area contributed by atoms with Crippen molar-refractivity contribution in [3.63, 3.8) is 0 Å². The van der Waals surface area contributed by atoms with E-state index in [0.29, 0.717) is 5.75 Å². The molecule has 0 radical (unpaired) electrons. The molecule has 68 valence electrons. The molecule has 0 aliphatic rings. The van der Waals surface area contributed by atoms with Crippen LogP contribution in [-0.4, -0.2) is 7.11 Å². The lowest BCUT2D eigenvalue weighted by Crippen LogP contribution is -2.08. The van der Waals surface area contributed by atoms with Gasteiger partial charge in [-0.15, -0.1) is 6.42 Å². The molecule has 1 rings (SSSR count). The zero-order chi connectivity index (χ0) is 9.68. The van der Waals surface area contributed by atoms with Crippen LogP contribution in [0.2, 0.25) is 0 Å². The molecule has 0 aliphatic carbocycles. The van der Waals surface area contributed by atoms with Crippen LogP contribution in [0.25, 0.3) is 0 Å². The first kappa shape index (κ1) is 9.59. The summed E-state index contributed by atoms with van der Waals surface area (Å²) < 4.78 is 5.10. The van der Waals surface area contributed by atoms with E-state index in [4.69, 9.17) is 17.1 Å². The Morgan fingerprint density at radius 3 is 2.69 bits per heavy atom. The third kappa shape index (κ3) is 2.00. The molecule has 3 nitrogen and oxygen atoms in total. The first-order valence-corrected chi connectivity index (χ1v) is 3.78. The van der Waals surface area contributed by atoms with Crippen LogP contribution in [0.5, 0.6) is 5.75 Å². The number of hydrogen-bond acceptors (Lipinski definition) is 3. The number of methoxy groups -OCH3 is 1. The van der Waals surface area contributed by atoms with Crippen LogP contribution in [-0.2, 0) is 4.84 Å². The highest BCUT2D eigenvalue weighted by Crippen LogP contribution is 2.25. The van der Waals surface area contributed by atoms with Crippen molar-refractivity contribution in [2.24, 2.45) is 5.90 Å². The molecule has 1 aromatic rings. The van der Waals surface area contributed by atoms with E-state index >= 15 is 0 Å². The summed E-state index contributed by atoms with van der Waals surface area (Å²) in [7, 11) is 1.57. The Morgan fingerprint density at radius 1 is 1.46 bits per heavy atom. The topological polar surface area (TPSA) is 44.5 Å². The summed E-state index contributed by atoms with van der Waals surface area (Å²) in [4.78, 5) is 4.61. The first-order chi connectivity index (χ1) is 6.33. The molecule has 13 heavy (non-hydrogen) atoms. The number of benzene rings is 1. The van der Waals surface area contributed by atoms with Gasteiger partial charge in [0, 0.05) is 5.56 Å². The van der Waals surface area contributed by atoms with Crippen LogP contribution >= 0.6 is 0 Å². The lowest BCUT2D eigenvalue weighted by atomic mass is 10.1. The molecule has 0 bridgehead atoms. The third-order valence-electron chi connectivity index (χ3n) is 1.71. The molecule has 3 heteroatoms. The van der Waals surface area contributed by atoms with E-state index in [-0.39, 0.29) is 0 Å². The molecule has 0 aliphatic heterocycles. The molecular weight excluding hydrogens is 166 g/mol. The highest BCUT2D eigenvalue weighted by molar-refractivity contribution is 5.38. The molecule has 1 unspecified atom stereocenters. The molecule has 0 amide bonds. The monoisotopic (exact) mass is 177 g/mol. The van der Waals surface area contributed by atoms with Gasteiger partial charge >= 0.3 is 0 Å². The van der Waals surface area contributed by atoms with Crippen LogP contribution < -0.4 is 10.6 Å².